The van der Waals surface area contributed by atoms with Gasteiger partial charge in [0.1, 0.15) is 17.6 Å². The highest BCUT2D eigenvalue weighted by molar-refractivity contribution is 6.01. The maximum Gasteiger partial charge on any atom is 0.304 e. The van der Waals surface area contributed by atoms with Crippen molar-refractivity contribution in [1.82, 2.24) is 0 Å². The molecule has 0 aromatic carbocycles. The van der Waals surface area contributed by atoms with E-state index in [1.807, 2.05) is 20.8 Å². The topological polar surface area (TPSA) is 121 Å². The zero-order chi connectivity index (χ0) is 24.8. The Bertz CT molecular complexity index is 1060. The summed E-state index contributed by atoms with van der Waals surface area (Å²) in [4.78, 5) is 48.9. The van der Waals surface area contributed by atoms with Crippen molar-refractivity contribution in [3.8, 4) is 0 Å². The molecule has 0 amide bonds. The van der Waals surface area contributed by atoms with Gasteiger partial charge in [-0.1, -0.05) is 19.9 Å². The van der Waals surface area contributed by atoms with Gasteiger partial charge in [0.15, 0.2) is 5.78 Å². The number of halogens is 1. The SMILES string of the molecule is C[C@@H]1C[C@H]2[C@@H]3C[C@H](F)C4=CC(=O)C=C[C@]4(C)[C@@]34O[C@H]4C[C@]2(C)[C@@]1(CC(=O)O)C(=O)CCC(=O)O. The number of fused-ring (bicyclic) bond motifs is 3. The molecule has 5 aliphatic rings. The molecule has 184 valence electrons. The Morgan fingerprint density at radius 1 is 1.12 bits per heavy atom. The third-order valence-electron chi connectivity index (χ3n) is 10.3. The van der Waals surface area contributed by atoms with E-state index in [0.717, 1.165) is 0 Å². The van der Waals surface area contributed by atoms with Gasteiger partial charge < -0.3 is 14.9 Å². The van der Waals surface area contributed by atoms with Crippen LogP contribution in [-0.2, 0) is 23.9 Å². The minimum atomic E-state index is -1.32. The Kier molecular flexibility index (Phi) is 4.88. The Morgan fingerprint density at radius 2 is 1.82 bits per heavy atom. The van der Waals surface area contributed by atoms with E-state index < -0.39 is 40.0 Å². The number of allylic oxidation sites excluding steroid dienone is 2. The molecule has 34 heavy (non-hydrogen) atoms. The van der Waals surface area contributed by atoms with Crippen LogP contribution in [0.5, 0.6) is 0 Å². The number of carbonyl (C=O) groups is 4. The Balaban J connectivity index is 1.59. The van der Waals surface area contributed by atoms with Gasteiger partial charge in [-0.15, -0.1) is 0 Å². The van der Waals surface area contributed by atoms with Crippen molar-refractivity contribution in [1.29, 1.82) is 0 Å². The lowest BCUT2D eigenvalue weighted by molar-refractivity contribution is -0.157. The van der Waals surface area contributed by atoms with Crippen LogP contribution in [0, 0.1) is 34.0 Å². The molecular formula is C26H31FO7. The molecule has 4 aliphatic carbocycles. The number of ketones is 2. The molecule has 0 radical (unpaired) electrons. The van der Waals surface area contributed by atoms with Crippen LogP contribution < -0.4 is 0 Å². The molecule has 1 spiro atoms. The number of hydrogen-bond acceptors (Lipinski definition) is 5. The molecule has 7 nitrogen and oxygen atoms in total. The van der Waals surface area contributed by atoms with E-state index in [1.165, 1.54) is 12.2 Å². The van der Waals surface area contributed by atoms with Crippen LogP contribution in [0.15, 0.2) is 23.8 Å². The number of rotatable bonds is 6. The molecular weight excluding hydrogens is 443 g/mol. The van der Waals surface area contributed by atoms with E-state index in [0.29, 0.717) is 18.4 Å². The first-order chi connectivity index (χ1) is 15.8. The van der Waals surface area contributed by atoms with Crippen LogP contribution in [-0.4, -0.2) is 51.6 Å². The van der Waals surface area contributed by atoms with Crippen molar-refractivity contribution in [2.45, 2.75) is 77.2 Å². The smallest absolute Gasteiger partial charge is 0.304 e. The van der Waals surface area contributed by atoms with Gasteiger partial charge in [0, 0.05) is 17.3 Å². The number of epoxide rings is 1. The van der Waals surface area contributed by atoms with Crippen molar-refractivity contribution in [3.63, 3.8) is 0 Å². The molecule has 4 fully saturated rings. The second-order valence-corrected chi connectivity index (χ2v) is 11.5. The fourth-order valence-electron chi connectivity index (χ4n) is 8.83. The van der Waals surface area contributed by atoms with Crippen molar-refractivity contribution in [2.75, 3.05) is 0 Å². The predicted molar refractivity (Wildman–Crippen MR) is 118 cm³/mol. The summed E-state index contributed by atoms with van der Waals surface area (Å²) in [5.74, 6) is -3.44. The zero-order valence-electron chi connectivity index (χ0n) is 19.7. The van der Waals surface area contributed by atoms with Gasteiger partial charge in [-0.25, -0.2) is 4.39 Å². The molecule has 0 aromatic heterocycles. The standard InChI is InChI=1S/C26H31FO7/c1-13-8-15-16-10-18(27)17-9-14(28)6-7-23(17,2)26(16)20(34-26)11-24(15,3)25(13,12-22(32)33)19(29)4-5-21(30)31/h6-7,9,13,15-16,18,20H,4-5,8,10-12H2,1-3H3,(H,30,31)(H,32,33)/t13-,15+,16+,18+,20+,23+,24+,25-,26-/m1/s1. The van der Waals surface area contributed by atoms with Crippen LogP contribution >= 0.6 is 0 Å². The zero-order valence-corrected chi connectivity index (χ0v) is 19.7. The first kappa shape index (κ1) is 23.4. The molecule has 0 unspecified atom stereocenters. The van der Waals surface area contributed by atoms with Crippen LogP contribution in [0.25, 0.3) is 0 Å². The summed E-state index contributed by atoms with van der Waals surface area (Å²) in [6.07, 6.45) is 3.24. The van der Waals surface area contributed by atoms with Crippen LogP contribution in [0.2, 0.25) is 0 Å². The number of Topliss-reactive ketones (excluding diaryl/α,β-unsaturated/α-hetero) is 1. The van der Waals surface area contributed by atoms with Gasteiger partial charge >= 0.3 is 11.9 Å². The number of carboxylic acids is 2. The van der Waals surface area contributed by atoms with E-state index in [2.05, 4.69) is 0 Å². The predicted octanol–water partition coefficient (Wildman–Crippen LogP) is 3.51. The Morgan fingerprint density at radius 3 is 2.47 bits per heavy atom. The summed E-state index contributed by atoms with van der Waals surface area (Å²) < 4.78 is 22.0. The summed E-state index contributed by atoms with van der Waals surface area (Å²) >= 11 is 0. The van der Waals surface area contributed by atoms with Crippen molar-refractivity contribution in [2.24, 2.45) is 34.0 Å². The molecule has 1 aliphatic heterocycles. The van der Waals surface area contributed by atoms with Gasteiger partial charge in [0.05, 0.1) is 18.9 Å². The average molecular weight is 475 g/mol. The first-order valence-corrected chi connectivity index (χ1v) is 12.1. The van der Waals surface area contributed by atoms with Gasteiger partial charge in [-0.05, 0) is 67.1 Å². The second-order valence-electron chi connectivity index (χ2n) is 11.5. The molecule has 8 heteroatoms. The lowest BCUT2D eigenvalue weighted by Crippen LogP contribution is -2.61. The highest BCUT2D eigenvalue weighted by Gasteiger charge is 2.82. The van der Waals surface area contributed by atoms with E-state index in [9.17, 15) is 24.3 Å². The van der Waals surface area contributed by atoms with Gasteiger partial charge in [-0.3, -0.25) is 19.2 Å². The normalized spacial score (nSPS) is 48.2. The summed E-state index contributed by atoms with van der Waals surface area (Å²) in [5, 5.41) is 19.0. The second kappa shape index (κ2) is 7.09. The monoisotopic (exact) mass is 474 g/mol. The molecule has 0 aromatic rings. The van der Waals surface area contributed by atoms with Crippen LogP contribution in [0.3, 0.4) is 0 Å². The highest BCUT2D eigenvalue weighted by Crippen LogP contribution is 2.78. The average Bonchev–Trinajstić information content (AvgIpc) is 3.42. The summed E-state index contributed by atoms with van der Waals surface area (Å²) in [6, 6.07) is 0. The third-order valence-corrected chi connectivity index (χ3v) is 10.3. The fourth-order valence-corrected chi connectivity index (χ4v) is 8.83. The minimum absolute atomic E-state index is 0.156. The molecule has 1 heterocycles. The fraction of sp³-hybridized carbons (Fsp3) is 0.692. The van der Waals surface area contributed by atoms with Gasteiger partial charge in [-0.2, -0.15) is 0 Å². The Labute approximate surface area is 197 Å². The highest BCUT2D eigenvalue weighted by atomic mass is 19.1. The van der Waals surface area contributed by atoms with E-state index in [4.69, 9.17) is 9.84 Å². The lowest BCUT2D eigenvalue weighted by Gasteiger charge is -2.57. The molecule has 5 rings (SSSR count). The van der Waals surface area contributed by atoms with Gasteiger partial charge in [0.25, 0.3) is 0 Å². The number of hydrogen-bond donors (Lipinski definition) is 2. The lowest BCUT2D eigenvalue weighted by atomic mass is 9.44. The maximum atomic E-state index is 15.6. The number of carbonyl (C=O) groups excluding carboxylic acids is 2. The third kappa shape index (κ3) is 2.66. The summed E-state index contributed by atoms with van der Waals surface area (Å²) in [7, 11) is 0. The molecule has 0 bridgehead atoms. The number of alkyl halides is 1. The van der Waals surface area contributed by atoms with Crippen molar-refractivity contribution >= 4 is 23.5 Å². The molecule has 1 saturated heterocycles. The number of aliphatic carboxylic acids is 2. The van der Waals surface area contributed by atoms with Crippen molar-refractivity contribution < 1.29 is 38.5 Å². The van der Waals surface area contributed by atoms with Crippen molar-refractivity contribution in [3.05, 3.63) is 23.8 Å². The molecule has 3 saturated carbocycles. The number of ether oxygens (including phenoxy) is 1. The summed E-state index contributed by atoms with van der Waals surface area (Å²) in [6.45, 7) is 5.74. The van der Waals surface area contributed by atoms with Crippen LogP contribution in [0.4, 0.5) is 4.39 Å². The van der Waals surface area contributed by atoms with Gasteiger partial charge in [0.2, 0.25) is 0 Å². The summed E-state index contributed by atoms with van der Waals surface area (Å²) in [5.41, 5.74) is -3.00. The van der Waals surface area contributed by atoms with E-state index in [-0.39, 0.29) is 61.1 Å². The van der Waals surface area contributed by atoms with E-state index >= 15 is 4.39 Å². The quantitative estimate of drug-likeness (QED) is 0.565. The van der Waals surface area contributed by atoms with E-state index in [1.54, 1.807) is 6.08 Å². The molecule has 2 N–H and O–H groups in total. The minimum Gasteiger partial charge on any atom is -0.481 e. The first-order valence-electron chi connectivity index (χ1n) is 12.1. The Hall–Kier alpha value is -2.35. The van der Waals surface area contributed by atoms with Crippen LogP contribution in [0.1, 0.15) is 59.3 Å². The maximum absolute atomic E-state index is 15.6. The largest absolute Gasteiger partial charge is 0.481 e. The molecule has 9 atom stereocenters. The number of carboxylic acid groups (broad SMARTS) is 2.